The SMILES string of the molecule is C[C@](C#N)(c1ccccc1)[C@]1(O)C(=O)N(Cc2ccccc2)c2cc(Br)ccc21. The van der Waals surface area contributed by atoms with Crippen LogP contribution in [0.25, 0.3) is 0 Å². The van der Waals surface area contributed by atoms with Crippen LogP contribution in [-0.2, 0) is 22.4 Å². The largest absolute Gasteiger partial charge is 0.374 e. The highest BCUT2D eigenvalue weighted by molar-refractivity contribution is 9.10. The number of hydrogen-bond acceptors (Lipinski definition) is 3. The number of carbonyl (C=O) groups is 1. The molecule has 1 aliphatic heterocycles. The fourth-order valence-corrected chi connectivity index (χ4v) is 4.33. The van der Waals surface area contributed by atoms with E-state index in [-0.39, 0.29) is 0 Å². The van der Waals surface area contributed by atoms with Crippen molar-refractivity contribution in [2.75, 3.05) is 4.90 Å². The number of anilines is 1. The van der Waals surface area contributed by atoms with Gasteiger partial charge in [0, 0.05) is 10.0 Å². The van der Waals surface area contributed by atoms with Gasteiger partial charge in [0.15, 0.2) is 5.60 Å². The van der Waals surface area contributed by atoms with Crippen LogP contribution in [0.3, 0.4) is 0 Å². The summed E-state index contributed by atoms with van der Waals surface area (Å²) in [6.07, 6.45) is 0. The Kier molecular flexibility index (Phi) is 4.77. The molecule has 0 unspecified atom stereocenters. The summed E-state index contributed by atoms with van der Waals surface area (Å²) >= 11 is 3.46. The van der Waals surface area contributed by atoms with E-state index >= 15 is 0 Å². The molecule has 2 atom stereocenters. The average molecular weight is 447 g/mol. The monoisotopic (exact) mass is 446 g/mol. The first-order valence-corrected chi connectivity index (χ1v) is 10.1. The molecule has 0 aliphatic carbocycles. The summed E-state index contributed by atoms with van der Waals surface area (Å²) in [5.41, 5.74) is -0.890. The van der Waals surface area contributed by atoms with E-state index in [4.69, 9.17) is 0 Å². The van der Waals surface area contributed by atoms with E-state index in [1.807, 2.05) is 42.5 Å². The Hall–Kier alpha value is -2.94. The summed E-state index contributed by atoms with van der Waals surface area (Å²) in [5, 5.41) is 22.0. The molecular formula is C24H19BrN2O2. The quantitative estimate of drug-likeness (QED) is 0.633. The third-order valence-corrected chi connectivity index (χ3v) is 6.17. The predicted octanol–water partition coefficient (Wildman–Crippen LogP) is 4.66. The lowest BCUT2D eigenvalue weighted by atomic mass is 9.67. The molecule has 0 saturated carbocycles. The van der Waals surface area contributed by atoms with Gasteiger partial charge in [-0.25, -0.2) is 0 Å². The Morgan fingerprint density at radius 1 is 1.07 bits per heavy atom. The maximum absolute atomic E-state index is 13.7. The standard InChI is InChI=1S/C24H19BrN2O2/c1-23(16-26,18-10-6-3-7-11-18)24(29)20-13-12-19(25)14-21(20)27(22(24)28)15-17-8-4-2-5-9-17/h2-14,29H,15H2,1H3/t23-,24+/m0/s1. The highest BCUT2D eigenvalue weighted by Crippen LogP contribution is 2.52. The van der Waals surface area contributed by atoms with Crippen LogP contribution in [0.2, 0.25) is 0 Å². The van der Waals surface area contributed by atoms with Crippen LogP contribution >= 0.6 is 15.9 Å². The number of hydrogen-bond donors (Lipinski definition) is 1. The van der Waals surface area contributed by atoms with Gasteiger partial charge in [0.25, 0.3) is 5.91 Å². The summed E-state index contributed by atoms with van der Waals surface area (Å²) in [7, 11) is 0. The molecule has 4 nitrogen and oxygen atoms in total. The molecule has 0 saturated heterocycles. The zero-order valence-corrected chi connectivity index (χ0v) is 17.4. The van der Waals surface area contributed by atoms with Crippen molar-refractivity contribution in [2.45, 2.75) is 24.5 Å². The van der Waals surface area contributed by atoms with E-state index in [1.54, 1.807) is 48.2 Å². The molecule has 5 heteroatoms. The molecule has 1 N–H and O–H groups in total. The minimum absolute atomic E-state index is 0.307. The van der Waals surface area contributed by atoms with Gasteiger partial charge in [-0.1, -0.05) is 82.7 Å². The van der Waals surface area contributed by atoms with Crippen molar-refractivity contribution in [3.8, 4) is 6.07 Å². The molecule has 1 heterocycles. The number of nitriles is 1. The summed E-state index contributed by atoms with van der Waals surface area (Å²) in [5.74, 6) is -0.498. The molecule has 3 aromatic carbocycles. The Morgan fingerprint density at radius 2 is 1.69 bits per heavy atom. The Balaban J connectivity index is 1.91. The number of amides is 1. The average Bonchev–Trinajstić information content (AvgIpc) is 2.97. The van der Waals surface area contributed by atoms with E-state index in [2.05, 4.69) is 22.0 Å². The second-order valence-electron chi connectivity index (χ2n) is 7.35. The lowest BCUT2D eigenvalue weighted by Gasteiger charge is -2.36. The molecule has 3 aromatic rings. The molecule has 0 spiro atoms. The van der Waals surface area contributed by atoms with Crippen LogP contribution in [-0.4, -0.2) is 11.0 Å². The van der Waals surface area contributed by atoms with Crippen LogP contribution in [0, 0.1) is 11.3 Å². The molecule has 4 rings (SSSR count). The van der Waals surface area contributed by atoms with Gasteiger partial charge >= 0.3 is 0 Å². The molecule has 0 fully saturated rings. The van der Waals surface area contributed by atoms with Crippen molar-refractivity contribution in [1.29, 1.82) is 5.26 Å². The number of carbonyl (C=O) groups excluding carboxylic acids is 1. The molecule has 144 valence electrons. The highest BCUT2D eigenvalue weighted by Gasteiger charge is 2.62. The lowest BCUT2D eigenvalue weighted by Crippen LogP contribution is -2.53. The second kappa shape index (κ2) is 7.14. The van der Waals surface area contributed by atoms with Gasteiger partial charge in [-0.15, -0.1) is 0 Å². The minimum Gasteiger partial charge on any atom is -0.374 e. The van der Waals surface area contributed by atoms with Crippen LogP contribution in [0.4, 0.5) is 5.69 Å². The fraction of sp³-hybridized carbons (Fsp3) is 0.167. The van der Waals surface area contributed by atoms with Gasteiger partial charge in [-0.05, 0) is 30.2 Å². The van der Waals surface area contributed by atoms with Crippen LogP contribution in [0.1, 0.15) is 23.6 Å². The molecular weight excluding hydrogens is 428 g/mol. The summed E-state index contributed by atoms with van der Waals surface area (Å²) in [6.45, 7) is 1.93. The Bertz CT molecular complexity index is 1110. The number of nitrogens with zero attached hydrogens (tertiary/aromatic N) is 2. The smallest absolute Gasteiger partial charge is 0.266 e. The molecule has 0 bridgehead atoms. The van der Waals surface area contributed by atoms with Crippen molar-refractivity contribution < 1.29 is 9.90 Å². The van der Waals surface area contributed by atoms with Crippen molar-refractivity contribution in [3.63, 3.8) is 0 Å². The maximum Gasteiger partial charge on any atom is 0.266 e. The molecule has 0 radical (unpaired) electrons. The summed E-state index contributed by atoms with van der Waals surface area (Å²) in [4.78, 5) is 15.3. The van der Waals surface area contributed by atoms with Gasteiger partial charge in [0.05, 0.1) is 18.3 Å². The fourth-order valence-electron chi connectivity index (χ4n) is 3.99. The maximum atomic E-state index is 13.7. The number of fused-ring (bicyclic) bond motifs is 1. The first-order chi connectivity index (χ1) is 13.9. The van der Waals surface area contributed by atoms with E-state index in [9.17, 15) is 15.2 Å². The van der Waals surface area contributed by atoms with E-state index < -0.39 is 16.9 Å². The first kappa shape index (κ1) is 19.4. The lowest BCUT2D eigenvalue weighted by molar-refractivity contribution is -0.141. The Labute approximate surface area is 178 Å². The van der Waals surface area contributed by atoms with Crippen LogP contribution in [0.5, 0.6) is 0 Å². The summed E-state index contributed by atoms with van der Waals surface area (Å²) in [6, 6.07) is 26.2. The Morgan fingerprint density at radius 3 is 2.31 bits per heavy atom. The van der Waals surface area contributed by atoms with Crippen molar-refractivity contribution >= 4 is 27.5 Å². The number of rotatable bonds is 4. The first-order valence-electron chi connectivity index (χ1n) is 9.27. The van der Waals surface area contributed by atoms with Crippen LogP contribution in [0.15, 0.2) is 83.3 Å². The third-order valence-electron chi connectivity index (χ3n) is 5.68. The van der Waals surface area contributed by atoms with Crippen molar-refractivity contribution in [1.82, 2.24) is 0 Å². The van der Waals surface area contributed by atoms with Gasteiger partial charge < -0.3 is 10.0 Å². The van der Waals surface area contributed by atoms with Crippen molar-refractivity contribution in [2.24, 2.45) is 0 Å². The topological polar surface area (TPSA) is 64.3 Å². The van der Waals surface area contributed by atoms with E-state index in [0.717, 1.165) is 10.0 Å². The van der Waals surface area contributed by atoms with Gasteiger partial charge in [-0.2, -0.15) is 5.26 Å². The van der Waals surface area contributed by atoms with Gasteiger partial charge in [-0.3, -0.25) is 4.79 Å². The molecule has 29 heavy (non-hydrogen) atoms. The van der Waals surface area contributed by atoms with Gasteiger partial charge in [0.1, 0.15) is 5.41 Å². The number of aliphatic hydroxyl groups is 1. The highest BCUT2D eigenvalue weighted by atomic mass is 79.9. The predicted molar refractivity (Wildman–Crippen MR) is 115 cm³/mol. The zero-order chi connectivity index (χ0) is 20.6. The summed E-state index contributed by atoms with van der Waals surface area (Å²) < 4.78 is 0.796. The minimum atomic E-state index is -2.01. The molecule has 1 aliphatic rings. The number of benzene rings is 3. The van der Waals surface area contributed by atoms with E-state index in [0.29, 0.717) is 23.4 Å². The molecule has 1 amide bonds. The second-order valence-corrected chi connectivity index (χ2v) is 8.27. The zero-order valence-electron chi connectivity index (χ0n) is 15.8. The third kappa shape index (κ3) is 2.88. The normalized spacial score (nSPS) is 20.1. The van der Waals surface area contributed by atoms with Crippen LogP contribution < -0.4 is 4.90 Å². The molecule has 0 aromatic heterocycles. The van der Waals surface area contributed by atoms with E-state index in [1.165, 1.54) is 0 Å². The van der Waals surface area contributed by atoms with Gasteiger partial charge in [0.2, 0.25) is 0 Å². The number of halogens is 1. The van der Waals surface area contributed by atoms with Crippen molar-refractivity contribution in [3.05, 3.63) is 100 Å².